The van der Waals surface area contributed by atoms with E-state index in [4.69, 9.17) is 0 Å². The van der Waals surface area contributed by atoms with Crippen LogP contribution in [0.25, 0.3) is 0 Å². The highest BCUT2D eigenvalue weighted by Gasteiger charge is 2.31. The van der Waals surface area contributed by atoms with E-state index in [-0.39, 0.29) is 10.6 Å². The first kappa shape index (κ1) is 19.1. The Kier molecular flexibility index (Phi) is 6.55. The Hall–Kier alpha value is -1.23. The minimum absolute atomic E-state index is 0.00130. The van der Waals surface area contributed by atoms with E-state index >= 15 is 0 Å². The van der Waals surface area contributed by atoms with Gasteiger partial charge in [0.2, 0.25) is 10.0 Å². The average molecular weight is 421 g/mol. The standard InChI is InChI=1S/C14H21BrN4O4S/c1-2-17(8-5-15)13-4-3-12(19(20)21)11-14(13)24(22,23)18-9-6-16-7-10-18/h3-4,11,16H,2,5-10H2,1H3. The minimum Gasteiger partial charge on any atom is -0.370 e. The second kappa shape index (κ2) is 8.24. The van der Waals surface area contributed by atoms with Crippen LogP contribution in [-0.2, 0) is 10.0 Å². The average Bonchev–Trinajstić information content (AvgIpc) is 2.60. The number of nitrogens with zero attached hydrogens (tertiary/aromatic N) is 3. The molecule has 0 atom stereocenters. The second-order valence-corrected chi connectivity index (χ2v) is 8.03. The number of nitrogens with one attached hydrogen (secondary N) is 1. The van der Waals surface area contributed by atoms with Crippen LogP contribution in [0.2, 0.25) is 0 Å². The molecule has 0 saturated carbocycles. The van der Waals surface area contributed by atoms with Crippen molar-refractivity contribution in [3.63, 3.8) is 0 Å². The molecule has 0 unspecified atom stereocenters. The molecule has 0 radical (unpaired) electrons. The van der Waals surface area contributed by atoms with E-state index in [0.717, 1.165) is 0 Å². The number of sulfonamides is 1. The lowest BCUT2D eigenvalue weighted by atomic mass is 10.2. The summed E-state index contributed by atoms with van der Waals surface area (Å²) in [6, 6.07) is 4.05. The molecule has 0 aromatic heterocycles. The number of nitro groups is 1. The molecule has 1 aliphatic heterocycles. The van der Waals surface area contributed by atoms with Crippen LogP contribution < -0.4 is 10.2 Å². The normalized spacial score (nSPS) is 16.1. The molecule has 1 aromatic rings. The number of nitro benzene ring substituents is 1. The van der Waals surface area contributed by atoms with E-state index < -0.39 is 14.9 Å². The Morgan fingerprint density at radius 3 is 2.58 bits per heavy atom. The van der Waals surface area contributed by atoms with Gasteiger partial charge in [-0.05, 0) is 13.0 Å². The third kappa shape index (κ3) is 4.05. The highest BCUT2D eigenvalue weighted by molar-refractivity contribution is 9.09. The van der Waals surface area contributed by atoms with E-state index in [1.807, 2.05) is 11.8 Å². The van der Waals surface area contributed by atoms with Gasteiger partial charge in [0.25, 0.3) is 5.69 Å². The summed E-state index contributed by atoms with van der Waals surface area (Å²) in [6.45, 7) is 4.99. The zero-order chi connectivity index (χ0) is 17.7. The van der Waals surface area contributed by atoms with E-state index in [1.54, 1.807) is 0 Å². The molecule has 1 aliphatic rings. The Balaban J connectivity index is 2.54. The van der Waals surface area contributed by atoms with Crippen LogP contribution in [0, 0.1) is 10.1 Å². The monoisotopic (exact) mass is 420 g/mol. The van der Waals surface area contributed by atoms with Crippen molar-refractivity contribution in [2.75, 3.05) is 49.5 Å². The molecule has 1 N–H and O–H groups in total. The fourth-order valence-corrected chi connectivity index (χ4v) is 4.76. The van der Waals surface area contributed by atoms with Crippen LogP contribution in [0.3, 0.4) is 0 Å². The summed E-state index contributed by atoms with van der Waals surface area (Å²) in [5.74, 6) is 0. The zero-order valence-corrected chi connectivity index (χ0v) is 15.8. The van der Waals surface area contributed by atoms with Gasteiger partial charge < -0.3 is 10.2 Å². The molecular formula is C14H21BrN4O4S. The van der Waals surface area contributed by atoms with E-state index in [2.05, 4.69) is 21.2 Å². The fourth-order valence-electron chi connectivity index (χ4n) is 2.66. The summed E-state index contributed by atoms with van der Waals surface area (Å²) in [4.78, 5) is 12.4. The van der Waals surface area contributed by atoms with E-state index in [0.29, 0.717) is 50.3 Å². The van der Waals surface area contributed by atoms with Gasteiger partial charge >= 0.3 is 0 Å². The molecule has 0 amide bonds. The first-order valence-electron chi connectivity index (χ1n) is 7.72. The van der Waals surface area contributed by atoms with E-state index in [9.17, 15) is 18.5 Å². The number of piperazine rings is 1. The molecular weight excluding hydrogens is 400 g/mol. The number of alkyl halides is 1. The molecule has 134 valence electrons. The molecule has 0 bridgehead atoms. The summed E-state index contributed by atoms with van der Waals surface area (Å²) < 4.78 is 27.5. The topological polar surface area (TPSA) is 95.8 Å². The molecule has 1 aromatic carbocycles. The molecule has 1 heterocycles. The van der Waals surface area contributed by atoms with Crippen LogP contribution >= 0.6 is 15.9 Å². The molecule has 24 heavy (non-hydrogen) atoms. The molecule has 0 spiro atoms. The van der Waals surface area contributed by atoms with Gasteiger partial charge in [-0.2, -0.15) is 4.31 Å². The predicted octanol–water partition coefficient (Wildman–Crippen LogP) is 1.41. The molecule has 10 heteroatoms. The lowest BCUT2D eigenvalue weighted by molar-refractivity contribution is -0.385. The number of hydrogen-bond donors (Lipinski definition) is 1. The summed E-state index contributed by atoms with van der Waals surface area (Å²) >= 11 is 3.36. The van der Waals surface area contributed by atoms with Gasteiger partial charge in [0.1, 0.15) is 4.90 Å². The Morgan fingerprint density at radius 2 is 2.04 bits per heavy atom. The van der Waals surface area contributed by atoms with Gasteiger partial charge in [0.05, 0.1) is 10.6 Å². The van der Waals surface area contributed by atoms with Gasteiger partial charge in [-0.3, -0.25) is 10.1 Å². The molecule has 0 aliphatic carbocycles. The maximum absolute atomic E-state index is 13.0. The molecule has 1 saturated heterocycles. The smallest absolute Gasteiger partial charge is 0.270 e. The number of non-ortho nitro benzene ring substituents is 1. The maximum atomic E-state index is 13.0. The molecule has 2 rings (SSSR count). The van der Waals surface area contributed by atoms with Gasteiger partial charge in [0, 0.05) is 56.7 Å². The SMILES string of the molecule is CCN(CCBr)c1ccc([N+](=O)[O-])cc1S(=O)(=O)N1CCNCC1. The zero-order valence-electron chi connectivity index (χ0n) is 13.4. The van der Waals surface area contributed by atoms with Crippen molar-refractivity contribution in [2.45, 2.75) is 11.8 Å². The lowest BCUT2D eigenvalue weighted by Gasteiger charge is -2.30. The highest BCUT2D eigenvalue weighted by atomic mass is 79.9. The summed E-state index contributed by atoms with van der Waals surface area (Å²) in [5.41, 5.74) is 0.281. The van der Waals surface area contributed by atoms with Crippen molar-refractivity contribution in [3.8, 4) is 0 Å². The van der Waals surface area contributed by atoms with Gasteiger partial charge in [-0.1, -0.05) is 15.9 Å². The van der Waals surface area contributed by atoms with Crippen LogP contribution in [0.15, 0.2) is 23.1 Å². The highest BCUT2D eigenvalue weighted by Crippen LogP contribution is 2.31. The summed E-state index contributed by atoms with van der Waals surface area (Å²) in [6.07, 6.45) is 0. The fraction of sp³-hybridized carbons (Fsp3) is 0.571. The van der Waals surface area contributed by atoms with Crippen LogP contribution in [-0.4, -0.2) is 62.2 Å². The Bertz CT molecular complexity index is 692. The van der Waals surface area contributed by atoms with Crippen LogP contribution in [0.1, 0.15) is 6.92 Å². The van der Waals surface area contributed by atoms with Crippen molar-refractivity contribution < 1.29 is 13.3 Å². The molecule has 1 fully saturated rings. The van der Waals surface area contributed by atoms with Crippen molar-refractivity contribution in [3.05, 3.63) is 28.3 Å². The minimum atomic E-state index is -3.79. The van der Waals surface area contributed by atoms with Gasteiger partial charge in [0.15, 0.2) is 0 Å². The second-order valence-electron chi connectivity index (χ2n) is 5.33. The van der Waals surface area contributed by atoms with Gasteiger partial charge in [-0.25, -0.2) is 8.42 Å². The quantitative estimate of drug-likeness (QED) is 0.406. The van der Waals surface area contributed by atoms with Crippen LogP contribution in [0.4, 0.5) is 11.4 Å². The van der Waals surface area contributed by atoms with E-state index in [1.165, 1.54) is 22.5 Å². The number of rotatable bonds is 7. The predicted molar refractivity (Wildman–Crippen MR) is 96.4 cm³/mol. The van der Waals surface area contributed by atoms with Crippen molar-refractivity contribution in [1.82, 2.24) is 9.62 Å². The van der Waals surface area contributed by atoms with Crippen molar-refractivity contribution in [2.24, 2.45) is 0 Å². The number of anilines is 1. The first-order valence-corrected chi connectivity index (χ1v) is 10.3. The third-order valence-electron chi connectivity index (χ3n) is 3.92. The van der Waals surface area contributed by atoms with Crippen molar-refractivity contribution in [1.29, 1.82) is 0 Å². The summed E-state index contributed by atoms with van der Waals surface area (Å²) in [5, 5.41) is 14.9. The largest absolute Gasteiger partial charge is 0.370 e. The lowest BCUT2D eigenvalue weighted by Crippen LogP contribution is -2.46. The number of benzene rings is 1. The number of halogens is 1. The third-order valence-corrected chi connectivity index (χ3v) is 6.21. The Labute approximate surface area is 150 Å². The van der Waals surface area contributed by atoms with Crippen LogP contribution in [0.5, 0.6) is 0 Å². The Morgan fingerprint density at radius 1 is 1.38 bits per heavy atom. The van der Waals surface area contributed by atoms with Crippen molar-refractivity contribution >= 4 is 37.3 Å². The molecule has 8 nitrogen and oxygen atoms in total. The maximum Gasteiger partial charge on any atom is 0.270 e. The summed E-state index contributed by atoms with van der Waals surface area (Å²) in [7, 11) is -3.79. The van der Waals surface area contributed by atoms with Gasteiger partial charge in [-0.15, -0.1) is 0 Å². The first-order chi connectivity index (χ1) is 11.4. The number of hydrogen-bond acceptors (Lipinski definition) is 6.